The summed E-state index contributed by atoms with van der Waals surface area (Å²) < 4.78 is 0. The number of benzene rings is 2. The van der Waals surface area contributed by atoms with Gasteiger partial charge >= 0.3 is 0 Å². The van der Waals surface area contributed by atoms with Crippen molar-refractivity contribution < 1.29 is 14.8 Å². The van der Waals surface area contributed by atoms with Crippen molar-refractivity contribution in [2.45, 2.75) is 0 Å². The fraction of sp³-hybridized carbons (Fsp3) is 0. The van der Waals surface area contributed by atoms with Crippen LogP contribution in [0.4, 0.5) is 22.2 Å². The van der Waals surface area contributed by atoms with Gasteiger partial charge < -0.3 is 15.7 Å². The van der Waals surface area contributed by atoms with Crippen molar-refractivity contribution in [2.24, 2.45) is 0 Å². The van der Waals surface area contributed by atoms with E-state index in [0.29, 0.717) is 16.4 Å². The Labute approximate surface area is 145 Å². The standard InChI is InChI=1S/C16H12N4O4S/c21-14-5-4-12(20(23)24)9-13(14)19-15(22)10-2-1-3-11(8-10)18-16-17-6-7-25-16/h1-9,21H,(H,17,18)(H,19,22). The highest BCUT2D eigenvalue weighted by atomic mass is 32.1. The Kier molecular flexibility index (Phi) is 4.57. The van der Waals surface area contributed by atoms with E-state index in [4.69, 9.17) is 0 Å². The molecule has 0 saturated heterocycles. The molecule has 0 aliphatic rings. The van der Waals surface area contributed by atoms with Crippen molar-refractivity contribution >= 4 is 39.4 Å². The van der Waals surface area contributed by atoms with E-state index >= 15 is 0 Å². The van der Waals surface area contributed by atoms with Crippen LogP contribution in [-0.2, 0) is 0 Å². The summed E-state index contributed by atoms with van der Waals surface area (Å²) in [5.41, 5.74) is 0.739. The van der Waals surface area contributed by atoms with Crippen LogP contribution in [0, 0.1) is 10.1 Å². The second kappa shape index (κ2) is 6.97. The van der Waals surface area contributed by atoms with Gasteiger partial charge in [0.15, 0.2) is 5.13 Å². The number of thiazole rings is 1. The zero-order chi connectivity index (χ0) is 17.8. The third-order valence-corrected chi connectivity index (χ3v) is 3.94. The van der Waals surface area contributed by atoms with E-state index in [9.17, 15) is 20.0 Å². The summed E-state index contributed by atoms with van der Waals surface area (Å²) in [6.07, 6.45) is 1.66. The largest absolute Gasteiger partial charge is 0.506 e. The van der Waals surface area contributed by atoms with Gasteiger partial charge in [-0.05, 0) is 24.3 Å². The van der Waals surface area contributed by atoms with Crippen LogP contribution in [0.5, 0.6) is 5.75 Å². The number of anilines is 3. The van der Waals surface area contributed by atoms with Gasteiger partial charge in [-0.2, -0.15) is 0 Å². The van der Waals surface area contributed by atoms with Crippen LogP contribution >= 0.6 is 11.3 Å². The molecular formula is C16H12N4O4S. The third-order valence-electron chi connectivity index (χ3n) is 3.25. The first-order valence-electron chi connectivity index (χ1n) is 7.08. The number of nitro benzene ring substituents is 1. The Morgan fingerprint density at radius 2 is 2.08 bits per heavy atom. The number of carbonyl (C=O) groups is 1. The molecule has 0 spiro atoms. The van der Waals surface area contributed by atoms with Crippen molar-refractivity contribution in [1.82, 2.24) is 4.98 Å². The van der Waals surface area contributed by atoms with Gasteiger partial charge in [-0.1, -0.05) is 6.07 Å². The second-order valence-corrected chi connectivity index (χ2v) is 5.85. The van der Waals surface area contributed by atoms with E-state index in [-0.39, 0.29) is 17.1 Å². The van der Waals surface area contributed by atoms with Gasteiger partial charge in [0.25, 0.3) is 11.6 Å². The molecule has 0 bridgehead atoms. The van der Waals surface area contributed by atoms with Gasteiger partial charge in [0.1, 0.15) is 5.75 Å². The average Bonchev–Trinajstić information content (AvgIpc) is 3.09. The molecule has 0 saturated carbocycles. The number of nitro groups is 1. The molecule has 1 aromatic heterocycles. The number of nitrogens with zero attached hydrogens (tertiary/aromatic N) is 2. The summed E-state index contributed by atoms with van der Waals surface area (Å²) in [4.78, 5) is 26.7. The molecular weight excluding hydrogens is 344 g/mol. The van der Waals surface area contributed by atoms with Crippen LogP contribution < -0.4 is 10.6 Å². The molecule has 0 unspecified atom stereocenters. The zero-order valence-electron chi connectivity index (χ0n) is 12.7. The number of amides is 1. The molecule has 3 aromatic rings. The summed E-state index contributed by atoms with van der Waals surface area (Å²) in [6, 6.07) is 10.1. The summed E-state index contributed by atoms with van der Waals surface area (Å²) >= 11 is 1.42. The first-order valence-corrected chi connectivity index (χ1v) is 7.96. The van der Waals surface area contributed by atoms with Gasteiger partial charge in [0.2, 0.25) is 0 Å². The van der Waals surface area contributed by atoms with Gasteiger partial charge in [0.05, 0.1) is 10.6 Å². The fourth-order valence-corrected chi connectivity index (χ4v) is 2.63. The normalized spacial score (nSPS) is 10.2. The number of carbonyl (C=O) groups excluding carboxylic acids is 1. The van der Waals surface area contributed by atoms with Gasteiger partial charge in [0, 0.05) is 35.0 Å². The van der Waals surface area contributed by atoms with Crippen LogP contribution in [0.15, 0.2) is 54.0 Å². The molecule has 126 valence electrons. The number of aromatic hydroxyl groups is 1. The maximum Gasteiger partial charge on any atom is 0.271 e. The van der Waals surface area contributed by atoms with Crippen molar-refractivity contribution in [3.8, 4) is 5.75 Å². The predicted molar refractivity (Wildman–Crippen MR) is 94.6 cm³/mol. The molecule has 3 rings (SSSR count). The van der Waals surface area contributed by atoms with E-state index in [1.165, 1.54) is 11.3 Å². The van der Waals surface area contributed by atoms with Gasteiger partial charge in [-0.25, -0.2) is 4.98 Å². The molecule has 8 nitrogen and oxygen atoms in total. The molecule has 0 radical (unpaired) electrons. The number of phenols is 1. The minimum Gasteiger partial charge on any atom is -0.506 e. The number of rotatable bonds is 5. The van der Waals surface area contributed by atoms with E-state index in [2.05, 4.69) is 15.6 Å². The number of nitrogens with one attached hydrogen (secondary N) is 2. The molecule has 2 aromatic carbocycles. The monoisotopic (exact) mass is 356 g/mol. The molecule has 0 aliphatic heterocycles. The maximum absolute atomic E-state index is 12.4. The Balaban J connectivity index is 1.79. The van der Waals surface area contributed by atoms with Crippen LogP contribution in [0.3, 0.4) is 0 Å². The Hall–Kier alpha value is -3.46. The van der Waals surface area contributed by atoms with Crippen molar-refractivity contribution in [3.05, 3.63) is 69.7 Å². The average molecular weight is 356 g/mol. The van der Waals surface area contributed by atoms with Crippen molar-refractivity contribution in [1.29, 1.82) is 0 Å². The first kappa shape index (κ1) is 16.4. The molecule has 25 heavy (non-hydrogen) atoms. The topological polar surface area (TPSA) is 117 Å². The van der Waals surface area contributed by atoms with Crippen LogP contribution in [0.25, 0.3) is 0 Å². The summed E-state index contributed by atoms with van der Waals surface area (Å²) in [7, 11) is 0. The lowest BCUT2D eigenvalue weighted by Gasteiger charge is -2.09. The third kappa shape index (κ3) is 3.90. The lowest BCUT2D eigenvalue weighted by molar-refractivity contribution is -0.384. The number of hydrogen-bond acceptors (Lipinski definition) is 7. The fourth-order valence-electron chi connectivity index (χ4n) is 2.08. The van der Waals surface area contributed by atoms with Gasteiger partial charge in [-0.3, -0.25) is 14.9 Å². The lowest BCUT2D eigenvalue weighted by Crippen LogP contribution is -2.12. The Morgan fingerprint density at radius 3 is 2.80 bits per heavy atom. The van der Waals surface area contributed by atoms with E-state index in [0.717, 1.165) is 18.2 Å². The minimum atomic E-state index is -0.604. The van der Waals surface area contributed by atoms with Crippen LogP contribution in [0.2, 0.25) is 0 Å². The highest BCUT2D eigenvalue weighted by molar-refractivity contribution is 7.13. The number of hydrogen-bond donors (Lipinski definition) is 3. The Bertz CT molecular complexity index is 928. The molecule has 0 fully saturated rings. The van der Waals surface area contributed by atoms with Crippen molar-refractivity contribution in [3.63, 3.8) is 0 Å². The van der Waals surface area contributed by atoms with E-state index < -0.39 is 10.8 Å². The highest BCUT2D eigenvalue weighted by Gasteiger charge is 2.14. The highest BCUT2D eigenvalue weighted by Crippen LogP contribution is 2.28. The lowest BCUT2D eigenvalue weighted by atomic mass is 10.1. The van der Waals surface area contributed by atoms with Crippen molar-refractivity contribution in [2.75, 3.05) is 10.6 Å². The summed E-state index contributed by atoms with van der Waals surface area (Å²) in [5, 5.41) is 28.6. The minimum absolute atomic E-state index is 0.0301. The molecule has 3 N–H and O–H groups in total. The summed E-state index contributed by atoms with van der Waals surface area (Å²) in [6.45, 7) is 0. The predicted octanol–water partition coefficient (Wildman–Crippen LogP) is 3.75. The molecule has 0 aliphatic carbocycles. The van der Waals surface area contributed by atoms with Crippen LogP contribution in [-0.4, -0.2) is 20.9 Å². The Morgan fingerprint density at radius 1 is 1.24 bits per heavy atom. The second-order valence-electron chi connectivity index (χ2n) is 4.96. The van der Waals surface area contributed by atoms with Gasteiger partial charge in [-0.15, -0.1) is 11.3 Å². The summed E-state index contributed by atoms with van der Waals surface area (Å²) in [5.74, 6) is -0.755. The first-order chi connectivity index (χ1) is 12.0. The number of non-ortho nitro benzene ring substituents is 1. The molecule has 1 amide bonds. The maximum atomic E-state index is 12.4. The quantitative estimate of drug-likeness (QED) is 0.364. The number of phenolic OH excluding ortho intramolecular Hbond substituents is 1. The zero-order valence-corrected chi connectivity index (χ0v) is 13.5. The SMILES string of the molecule is O=C(Nc1cc([N+](=O)[O-])ccc1O)c1cccc(Nc2nccs2)c1. The van der Waals surface area contributed by atoms with E-state index in [1.54, 1.807) is 30.5 Å². The van der Waals surface area contributed by atoms with E-state index in [1.807, 2.05) is 5.38 Å². The molecule has 0 atom stereocenters. The van der Waals surface area contributed by atoms with Crippen LogP contribution in [0.1, 0.15) is 10.4 Å². The molecule has 1 heterocycles. The number of aromatic nitrogens is 1. The molecule has 9 heteroatoms. The smallest absolute Gasteiger partial charge is 0.271 e.